The van der Waals surface area contributed by atoms with Crippen molar-refractivity contribution in [3.63, 3.8) is 0 Å². The maximum Gasteiger partial charge on any atom is 0.251 e. The normalized spacial score (nSPS) is 17.2. The molecule has 2 aromatic rings. The van der Waals surface area contributed by atoms with Crippen molar-refractivity contribution < 1.29 is 13.6 Å². The monoisotopic (exact) mass is 340 g/mol. The van der Waals surface area contributed by atoms with Crippen LogP contribution in [-0.2, 0) is 6.54 Å². The molecule has 1 amide bonds. The number of hydrogen-bond acceptors (Lipinski definition) is 2. The van der Waals surface area contributed by atoms with Gasteiger partial charge in [-0.05, 0) is 60.0 Å². The molecule has 2 aromatic carbocycles. The summed E-state index contributed by atoms with van der Waals surface area (Å²) < 4.78 is 27.5. The molecule has 5 heteroatoms. The van der Waals surface area contributed by atoms with Crippen molar-refractivity contribution in [2.75, 3.05) is 20.1 Å². The van der Waals surface area contributed by atoms with Crippen LogP contribution in [0, 0.1) is 11.6 Å². The summed E-state index contributed by atoms with van der Waals surface area (Å²) in [6.07, 6.45) is 3.13. The van der Waals surface area contributed by atoms with E-state index in [1.807, 2.05) is 6.07 Å². The summed E-state index contributed by atoms with van der Waals surface area (Å²) in [6, 6.07) is 7.14. The molecular weight excluding hydrogens is 322 g/mol. The topological polar surface area (TPSA) is 32.3 Å². The van der Waals surface area contributed by atoms with E-state index in [0.717, 1.165) is 42.3 Å². The molecule has 0 aliphatic carbocycles. The van der Waals surface area contributed by atoms with Gasteiger partial charge in [-0.2, -0.15) is 0 Å². The highest BCUT2D eigenvalue weighted by Crippen LogP contribution is 2.34. The van der Waals surface area contributed by atoms with E-state index in [0.29, 0.717) is 23.2 Å². The number of hydrogen-bond donors (Lipinski definition) is 1. The zero-order valence-corrected chi connectivity index (χ0v) is 13.9. The predicted octanol–water partition coefficient (Wildman–Crippen LogP) is 3.59. The van der Waals surface area contributed by atoms with E-state index in [9.17, 15) is 13.6 Å². The van der Waals surface area contributed by atoms with Crippen molar-refractivity contribution in [3.8, 4) is 11.1 Å². The summed E-state index contributed by atoms with van der Waals surface area (Å²) in [5.74, 6) is -1.39. The van der Waals surface area contributed by atoms with Gasteiger partial charge in [0.15, 0.2) is 0 Å². The van der Waals surface area contributed by atoms with E-state index >= 15 is 0 Å². The van der Waals surface area contributed by atoms with Gasteiger partial charge in [-0.15, -0.1) is 0 Å². The van der Waals surface area contributed by atoms with E-state index in [2.05, 4.69) is 23.3 Å². The second-order valence-electron chi connectivity index (χ2n) is 6.61. The molecule has 2 heterocycles. The fourth-order valence-corrected chi connectivity index (χ4v) is 3.58. The summed E-state index contributed by atoms with van der Waals surface area (Å²) in [5, 5.41) is 2.84. The van der Waals surface area contributed by atoms with Gasteiger partial charge in [0.05, 0.1) is 0 Å². The Bertz CT molecular complexity index is 905. The van der Waals surface area contributed by atoms with Gasteiger partial charge in [0, 0.05) is 36.8 Å². The summed E-state index contributed by atoms with van der Waals surface area (Å²) in [5.41, 5.74) is 4.54. The third kappa shape index (κ3) is 2.85. The summed E-state index contributed by atoms with van der Waals surface area (Å²) in [4.78, 5) is 14.4. The van der Waals surface area contributed by atoms with Gasteiger partial charge in [-0.3, -0.25) is 4.79 Å². The number of carbonyl (C=O) groups is 1. The molecule has 4 rings (SSSR count). The molecule has 0 atom stereocenters. The number of likely N-dealkylation sites (N-methyl/N-ethyl adjacent to an activating group) is 1. The quantitative estimate of drug-likeness (QED) is 0.906. The van der Waals surface area contributed by atoms with Crippen LogP contribution in [0.1, 0.15) is 27.9 Å². The lowest BCUT2D eigenvalue weighted by Crippen LogP contribution is -2.25. The average Bonchev–Trinajstić information content (AvgIpc) is 2.95. The van der Waals surface area contributed by atoms with Crippen molar-refractivity contribution >= 4 is 11.5 Å². The Kier molecular flexibility index (Phi) is 3.88. The van der Waals surface area contributed by atoms with Gasteiger partial charge in [-0.1, -0.05) is 6.08 Å². The van der Waals surface area contributed by atoms with E-state index in [-0.39, 0.29) is 5.91 Å². The van der Waals surface area contributed by atoms with Gasteiger partial charge in [-0.25, -0.2) is 8.78 Å². The predicted molar refractivity (Wildman–Crippen MR) is 93.1 cm³/mol. The SMILES string of the molecule is CN1CCC=C(c2cc(-c3ccc(F)cc3F)cc3c2CNC3=O)C1. The molecule has 0 aromatic heterocycles. The van der Waals surface area contributed by atoms with E-state index in [4.69, 9.17) is 0 Å². The Morgan fingerprint density at radius 3 is 2.64 bits per heavy atom. The molecule has 0 saturated heterocycles. The molecule has 0 saturated carbocycles. The fourth-order valence-electron chi connectivity index (χ4n) is 3.58. The molecule has 25 heavy (non-hydrogen) atoms. The van der Waals surface area contributed by atoms with Gasteiger partial charge >= 0.3 is 0 Å². The molecule has 2 aliphatic rings. The molecule has 0 spiro atoms. The van der Waals surface area contributed by atoms with Crippen molar-refractivity contribution in [3.05, 3.63) is 64.7 Å². The molecule has 3 nitrogen and oxygen atoms in total. The number of nitrogens with zero attached hydrogens (tertiary/aromatic N) is 1. The first kappa shape index (κ1) is 16.0. The minimum absolute atomic E-state index is 0.148. The van der Waals surface area contributed by atoms with Crippen LogP contribution in [-0.4, -0.2) is 30.9 Å². The molecule has 0 radical (unpaired) electrons. The first-order valence-corrected chi connectivity index (χ1v) is 8.31. The van der Waals surface area contributed by atoms with Crippen LogP contribution in [0.4, 0.5) is 8.78 Å². The highest BCUT2D eigenvalue weighted by Gasteiger charge is 2.26. The number of fused-ring (bicyclic) bond motifs is 1. The zero-order valence-electron chi connectivity index (χ0n) is 13.9. The lowest BCUT2D eigenvalue weighted by atomic mass is 9.90. The highest BCUT2D eigenvalue weighted by atomic mass is 19.1. The van der Waals surface area contributed by atoms with Crippen molar-refractivity contribution in [2.45, 2.75) is 13.0 Å². The molecule has 0 bridgehead atoms. The smallest absolute Gasteiger partial charge is 0.251 e. The van der Waals surface area contributed by atoms with Crippen LogP contribution in [0.15, 0.2) is 36.4 Å². The van der Waals surface area contributed by atoms with Crippen LogP contribution in [0.2, 0.25) is 0 Å². The third-order valence-electron chi connectivity index (χ3n) is 4.85. The van der Waals surface area contributed by atoms with Crippen LogP contribution in [0.5, 0.6) is 0 Å². The van der Waals surface area contributed by atoms with Gasteiger partial charge < -0.3 is 10.2 Å². The van der Waals surface area contributed by atoms with E-state index in [1.54, 1.807) is 6.07 Å². The lowest BCUT2D eigenvalue weighted by molar-refractivity contribution is 0.0966. The van der Waals surface area contributed by atoms with Crippen LogP contribution < -0.4 is 5.32 Å². The molecule has 0 fully saturated rings. The number of benzene rings is 2. The maximum absolute atomic E-state index is 14.3. The summed E-state index contributed by atoms with van der Waals surface area (Å²) >= 11 is 0. The van der Waals surface area contributed by atoms with E-state index < -0.39 is 11.6 Å². The molecule has 1 N–H and O–H groups in total. The minimum Gasteiger partial charge on any atom is -0.348 e. The summed E-state index contributed by atoms with van der Waals surface area (Å²) in [7, 11) is 2.06. The van der Waals surface area contributed by atoms with Gasteiger partial charge in [0.2, 0.25) is 0 Å². The van der Waals surface area contributed by atoms with Crippen molar-refractivity contribution in [1.82, 2.24) is 10.2 Å². The third-order valence-corrected chi connectivity index (χ3v) is 4.85. The largest absolute Gasteiger partial charge is 0.348 e. The van der Waals surface area contributed by atoms with Crippen LogP contribution in [0.25, 0.3) is 16.7 Å². The zero-order chi connectivity index (χ0) is 17.6. The first-order valence-electron chi connectivity index (χ1n) is 8.31. The molecular formula is C20H18F2N2O. The minimum atomic E-state index is -0.626. The molecule has 128 valence electrons. The van der Waals surface area contributed by atoms with Crippen molar-refractivity contribution in [2.24, 2.45) is 0 Å². The lowest BCUT2D eigenvalue weighted by Gasteiger charge is -2.24. The highest BCUT2D eigenvalue weighted by molar-refractivity contribution is 6.01. The van der Waals surface area contributed by atoms with Crippen LogP contribution >= 0.6 is 0 Å². The van der Waals surface area contributed by atoms with Crippen LogP contribution in [0.3, 0.4) is 0 Å². The fraction of sp³-hybridized carbons (Fsp3) is 0.250. The van der Waals surface area contributed by atoms with E-state index in [1.165, 1.54) is 12.1 Å². The number of halogens is 2. The Labute approximate surface area is 145 Å². The first-order chi connectivity index (χ1) is 12.0. The van der Waals surface area contributed by atoms with Gasteiger partial charge in [0.1, 0.15) is 11.6 Å². The average molecular weight is 340 g/mol. The Balaban J connectivity index is 1.90. The molecule has 0 unspecified atom stereocenters. The van der Waals surface area contributed by atoms with Crippen molar-refractivity contribution in [1.29, 1.82) is 0 Å². The Morgan fingerprint density at radius 1 is 1.08 bits per heavy atom. The standard InChI is InChI=1S/C20H18F2N2O/c1-24-6-2-3-12(11-24)16-7-13(8-17-18(16)10-23-20(17)25)15-5-4-14(21)9-19(15)22/h3-5,7-9H,2,6,10-11H2,1H3,(H,23,25). The Morgan fingerprint density at radius 2 is 1.88 bits per heavy atom. The number of nitrogens with one attached hydrogen (secondary N) is 1. The molecule has 2 aliphatic heterocycles. The number of rotatable bonds is 2. The second-order valence-corrected chi connectivity index (χ2v) is 6.61. The Hall–Kier alpha value is -2.53. The summed E-state index contributed by atoms with van der Waals surface area (Å²) in [6.45, 7) is 2.27. The van der Waals surface area contributed by atoms with Gasteiger partial charge in [0.25, 0.3) is 5.91 Å². The number of carbonyl (C=O) groups excluding carboxylic acids is 1. The number of amides is 1. The second kappa shape index (κ2) is 6.08. The maximum atomic E-state index is 14.3.